The summed E-state index contributed by atoms with van der Waals surface area (Å²) < 4.78 is 0. The zero-order chi connectivity index (χ0) is 9.14. The molecule has 0 heterocycles. The van der Waals surface area contributed by atoms with Crippen LogP contribution in [0.4, 0.5) is 0 Å². The van der Waals surface area contributed by atoms with E-state index in [-0.39, 0.29) is 11.8 Å². The van der Waals surface area contributed by atoms with Gasteiger partial charge in [0.1, 0.15) is 12.1 Å². The molecular weight excluding hydrogens is 152 g/mol. The van der Waals surface area contributed by atoms with E-state index in [0.717, 1.165) is 19.1 Å². The van der Waals surface area contributed by atoms with Crippen LogP contribution in [-0.4, -0.2) is 12.1 Å². The molecule has 0 amide bonds. The van der Waals surface area contributed by atoms with E-state index in [2.05, 4.69) is 0 Å². The maximum absolute atomic E-state index is 11.3. The molecular formula is C10H16O2. The van der Waals surface area contributed by atoms with E-state index in [4.69, 9.17) is 0 Å². The highest BCUT2D eigenvalue weighted by Crippen LogP contribution is 2.29. The second kappa shape index (κ2) is 3.83. The number of Topliss-reactive ketones (excluding diaryl/α,β-unsaturated/α-hetero) is 1. The summed E-state index contributed by atoms with van der Waals surface area (Å²) in [5, 5.41) is 0. The van der Waals surface area contributed by atoms with Crippen LogP contribution in [0.25, 0.3) is 0 Å². The predicted molar refractivity (Wildman–Crippen MR) is 46.7 cm³/mol. The Morgan fingerprint density at radius 1 is 1.50 bits per heavy atom. The van der Waals surface area contributed by atoms with E-state index < -0.39 is 0 Å². The molecule has 1 aliphatic carbocycles. The van der Waals surface area contributed by atoms with Gasteiger partial charge in [-0.25, -0.2) is 0 Å². The van der Waals surface area contributed by atoms with Crippen molar-refractivity contribution in [2.45, 2.75) is 33.1 Å². The van der Waals surface area contributed by atoms with Gasteiger partial charge >= 0.3 is 0 Å². The van der Waals surface area contributed by atoms with Crippen molar-refractivity contribution < 1.29 is 9.59 Å². The molecule has 0 aromatic carbocycles. The van der Waals surface area contributed by atoms with Gasteiger partial charge in [0.2, 0.25) is 0 Å². The van der Waals surface area contributed by atoms with Gasteiger partial charge < -0.3 is 4.79 Å². The van der Waals surface area contributed by atoms with Gasteiger partial charge in [0.05, 0.1) is 0 Å². The third kappa shape index (κ3) is 1.93. The third-order valence-corrected chi connectivity index (χ3v) is 2.94. The Morgan fingerprint density at radius 2 is 2.17 bits per heavy atom. The zero-order valence-corrected chi connectivity index (χ0v) is 7.75. The Labute approximate surface area is 73.3 Å². The van der Waals surface area contributed by atoms with Crippen molar-refractivity contribution in [2.24, 2.45) is 17.8 Å². The van der Waals surface area contributed by atoms with Crippen molar-refractivity contribution in [3.05, 3.63) is 0 Å². The summed E-state index contributed by atoms with van der Waals surface area (Å²) in [4.78, 5) is 21.8. The minimum absolute atomic E-state index is 0.0569. The van der Waals surface area contributed by atoms with Crippen LogP contribution >= 0.6 is 0 Å². The lowest BCUT2D eigenvalue weighted by Gasteiger charge is -2.26. The molecule has 0 aromatic rings. The Balaban J connectivity index is 2.50. The van der Waals surface area contributed by atoms with E-state index in [9.17, 15) is 9.59 Å². The Hall–Kier alpha value is -0.660. The summed E-state index contributed by atoms with van der Waals surface area (Å²) in [6.45, 7) is 3.88. The quantitative estimate of drug-likeness (QED) is 0.589. The molecule has 1 saturated carbocycles. The molecule has 0 bridgehead atoms. The molecule has 2 nitrogen and oxygen atoms in total. The highest BCUT2D eigenvalue weighted by atomic mass is 16.1. The predicted octanol–water partition coefficient (Wildman–Crippen LogP) is 1.83. The molecule has 12 heavy (non-hydrogen) atoms. The van der Waals surface area contributed by atoms with Crippen LogP contribution in [0.3, 0.4) is 0 Å². The Bertz CT molecular complexity index is 186. The molecule has 1 unspecified atom stereocenters. The number of ketones is 1. The first-order chi connectivity index (χ1) is 5.65. The zero-order valence-electron chi connectivity index (χ0n) is 7.75. The number of carbonyl (C=O) groups is 2. The highest BCUT2D eigenvalue weighted by Gasteiger charge is 2.28. The minimum Gasteiger partial charge on any atom is -0.303 e. The molecule has 2 heteroatoms. The molecule has 1 fully saturated rings. The van der Waals surface area contributed by atoms with Gasteiger partial charge in [-0.1, -0.05) is 13.8 Å². The molecule has 0 radical (unpaired) electrons. The highest BCUT2D eigenvalue weighted by molar-refractivity contribution is 5.82. The van der Waals surface area contributed by atoms with Crippen LogP contribution in [0.15, 0.2) is 0 Å². The van der Waals surface area contributed by atoms with Crippen LogP contribution in [-0.2, 0) is 9.59 Å². The largest absolute Gasteiger partial charge is 0.303 e. The number of hydrogen-bond donors (Lipinski definition) is 0. The van der Waals surface area contributed by atoms with Crippen molar-refractivity contribution in [3.63, 3.8) is 0 Å². The van der Waals surface area contributed by atoms with Gasteiger partial charge in [-0.2, -0.15) is 0 Å². The maximum atomic E-state index is 11.3. The fourth-order valence-corrected chi connectivity index (χ4v) is 1.75. The lowest BCUT2D eigenvalue weighted by molar-refractivity contribution is -0.126. The smallest absolute Gasteiger partial charge is 0.135 e. The molecule has 0 aromatic heterocycles. The van der Waals surface area contributed by atoms with E-state index in [1.54, 1.807) is 0 Å². The van der Waals surface area contributed by atoms with E-state index in [1.807, 2.05) is 13.8 Å². The van der Waals surface area contributed by atoms with Gasteiger partial charge in [0.15, 0.2) is 0 Å². The van der Waals surface area contributed by atoms with Crippen LogP contribution in [0.2, 0.25) is 0 Å². The summed E-state index contributed by atoms with van der Waals surface area (Å²) in [5.41, 5.74) is 0. The molecule has 0 saturated heterocycles. The fraction of sp³-hybridized carbons (Fsp3) is 0.800. The van der Waals surface area contributed by atoms with Crippen molar-refractivity contribution in [1.29, 1.82) is 0 Å². The SMILES string of the molecule is C[C@H](C=O)C1CC[C@H](C)C(=O)C1. The second-order valence-electron chi connectivity index (χ2n) is 3.90. The van der Waals surface area contributed by atoms with Gasteiger partial charge in [0.25, 0.3) is 0 Å². The average molecular weight is 168 g/mol. The summed E-state index contributed by atoms with van der Waals surface area (Å²) in [7, 11) is 0. The van der Waals surface area contributed by atoms with Crippen LogP contribution in [0, 0.1) is 17.8 Å². The van der Waals surface area contributed by atoms with E-state index in [1.165, 1.54) is 0 Å². The topological polar surface area (TPSA) is 34.1 Å². The van der Waals surface area contributed by atoms with Crippen molar-refractivity contribution in [2.75, 3.05) is 0 Å². The number of aldehydes is 1. The van der Waals surface area contributed by atoms with Gasteiger partial charge in [-0.15, -0.1) is 0 Å². The Kier molecular flexibility index (Phi) is 3.01. The monoisotopic (exact) mass is 168 g/mol. The van der Waals surface area contributed by atoms with Crippen molar-refractivity contribution >= 4 is 12.1 Å². The fourth-order valence-electron chi connectivity index (χ4n) is 1.75. The second-order valence-corrected chi connectivity index (χ2v) is 3.90. The number of rotatable bonds is 2. The van der Waals surface area contributed by atoms with Crippen LogP contribution < -0.4 is 0 Å². The Morgan fingerprint density at radius 3 is 2.67 bits per heavy atom. The van der Waals surface area contributed by atoms with Gasteiger partial charge in [0, 0.05) is 18.3 Å². The van der Waals surface area contributed by atoms with Crippen LogP contribution in [0.5, 0.6) is 0 Å². The normalized spacial score (nSPS) is 33.0. The van der Waals surface area contributed by atoms with Crippen molar-refractivity contribution in [3.8, 4) is 0 Å². The standard InChI is InChI=1S/C10H16O2/c1-7-3-4-9(5-10(7)12)8(2)6-11/h6-9H,3-5H2,1-2H3/t7-,8+,9?/m0/s1. The van der Waals surface area contributed by atoms with Crippen molar-refractivity contribution in [1.82, 2.24) is 0 Å². The molecule has 3 atom stereocenters. The van der Waals surface area contributed by atoms with Crippen LogP contribution in [0.1, 0.15) is 33.1 Å². The third-order valence-electron chi connectivity index (χ3n) is 2.94. The molecule has 0 spiro atoms. The first-order valence-corrected chi connectivity index (χ1v) is 4.63. The lowest BCUT2D eigenvalue weighted by Crippen LogP contribution is -2.27. The summed E-state index contributed by atoms with van der Waals surface area (Å²) in [6.07, 6.45) is 3.57. The van der Waals surface area contributed by atoms with Gasteiger partial charge in [-0.05, 0) is 18.8 Å². The molecule has 0 aliphatic heterocycles. The molecule has 0 N–H and O–H groups in total. The first kappa shape index (κ1) is 9.43. The molecule has 1 rings (SSSR count). The first-order valence-electron chi connectivity index (χ1n) is 4.63. The summed E-state index contributed by atoms with van der Waals surface area (Å²) >= 11 is 0. The number of carbonyl (C=O) groups excluding carboxylic acids is 2. The maximum Gasteiger partial charge on any atom is 0.135 e. The molecule has 1 aliphatic rings. The summed E-state index contributed by atoms with van der Waals surface area (Å²) in [5.74, 6) is 0.924. The number of hydrogen-bond acceptors (Lipinski definition) is 2. The van der Waals surface area contributed by atoms with E-state index >= 15 is 0 Å². The summed E-state index contributed by atoms with van der Waals surface area (Å²) in [6, 6.07) is 0. The minimum atomic E-state index is 0.0569. The lowest BCUT2D eigenvalue weighted by atomic mass is 9.77. The van der Waals surface area contributed by atoms with Gasteiger partial charge in [-0.3, -0.25) is 4.79 Å². The van der Waals surface area contributed by atoms with E-state index in [0.29, 0.717) is 18.1 Å². The average Bonchev–Trinajstić information content (AvgIpc) is 2.08. The molecule has 68 valence electrons.